The lowest BCUT2D eigenvalue weighted by Gasteiger charge is -2.15. The number of para-hydroxylation sites is 1. The molecule has 2 aromatic carbocycles. The van der Waals surface area contributed by atoms with Crippen LogP contribution in [-0.4, -0.2) is 39.3 Å². The lowest BCUT2D eigenvalue weighted by molar-refractivity contribution is -0.0636. The SMILES string of the molecule is O=C(c1ccc(-c2cnc(-c3ccccn3)s2)cc1)N(O)CCOc1ccccc1. The first-order valence-electron chi connectivity index (χ1n) is 9.37. The summed E-state index contributed by atoms with van der Waals surface area (Å²) in [5.74, 6) is 0.217. The van der Waals surface area contributed by atoms with Crippen molar-refractivity contribution in [3.8, 4) is 26.9 Å². The van der Waals surface area contributed by atoms with Gasteiger partial charge in [0.2, 0.25) is 0 Å². The zero-order valence-corrected chi connectivity index (χ0v) is 16.8. The second-order valence-corrected chi connectivity index (χ2v) is 7.44. The van der Waals surface area contributed by atoms with Crippen LogP contribution in [0.4, 0.5) is 0 Å². The second-order valence-electron chi connectivity index (χ2n) is 6.41. The van der Waals surface area contributed by atoms with Gasteiger partial charge in [0.1, 0.15) is 17.4 Å². The van der Waals surface area contributed by atoms with E-state index in [-0.39, 0.29) is 13.2 Å². The monoisotopic (exact) mass is 417 g/mol. The third-order valence-corrected chi connectivity index (χ3v) is 5.42. The predicted molar refractivity (Wildman–Crippen MR) is 116 cm³/mol. The molecule has 0 unspecified atom stereocenters. The minimum absolute atomic E-state index is 0.0672. The summed E-state index contributed by atoms with van der Waals surface area (Å²) in [7, 11) is 0. The van der Waals surface area contributed by atoms with E-state index in [0.717, 1.165) is 21.1 Å². The molecule has 2 heterocycles. The summed E-state index contributed by atoms with van der Waals surface area (Å²) in [5, 5.41) is 11.6. The van der Waals surface area contributed by atoms with Crippen molar-refractivity contribution in [1.29, 1.82) is 0 Å². The van der Waals surface area contributed by atoms with Crippen LogP contribution in [0.15, 0.2) is 85.2 Å². The summed E-state index contributed by atoms with van der Waals surface area (Å²) < 4.78 is 5.51. The zero-order chi connectivity index (χ0) is 20.8. The largest absolute Gasteiger partial charge is 0.492 e. The molecule has 1 N–H and O–H groups in total. The van der Waals surface area contributed by atoms with Crippen LogP contribution in [0.2, 0.25) is 0 Å². The number of carbonyl (C=O) groups is 1. The third kappa shape index (κ3) is 4.71. The van der Waals surface area contributed by atoms with Gasteiger partial charge >= 0.3 is 0 Å². The lowest BCUT2D eigenvalue weighted by atomic mass is 10.1. The molecule has 0 atom stereocenters. The van der Waals surface area contributed by atoms with E-state index in [2.05, 4.69) is 9.97 Å². The molecule has 4 rings (SSSR count). The summed E-state index contributed by atoms with van der Waals surface area (Å²) >= 11 is 1.53. The van der Waals surface area contributed by atoms with Gasteiger partial charge in [-0.3, -0.25) is 15.0 Å². The first-order valence-corrected chi connectivity index (χ1v) is 10.2. The molecule has 7 heteroatoms. The van der Waals surface area contributed by atoms with E-state index in [4.69, 9.17) is 4.74 Å². The molecule has 0 saturated heterocycles. The minimum Gasteiger partial charge on any atom is -0.492 e. The number of carbonyl (C=O) groups excluding carboxylic acids is 1. The van der Waals surface area contributed by atoms with Crippen molar-refractivity contribution in [2.75, 3.05) is 13.2 Å². The van der Waals surface area contributed by atoms with E-state index in [0.29, 0.717) is 16.4 Å². The average Bonchev–Trinajstić information content (AvgIpc) is 3.30. The Balaban J connectivity index is 1.37. The lowest BCUT2D eigenvalue weighted by Crippen LogP contribution is -2.31. The molecule has 0 aliphatic carbocycles. The molecular weight excluding hydrogens is 398 g/mol. The van der Waals surface area contributed by atoms with Crippen LogP contribution in [0.5, 0.6) is 5.75 Å². The number of hydrogen-bond acceptors (Lipinski definition) is 6. The van der Waals surface area contributed by atoms with E-state index in [1.165, 1.54) is 11.3 Å². The molecule has 150 valence electrons. The highest BCUT2D eigenvalue weighted by Crippen LogP contribution is 2.31. The highest BCUT2D eigenvalue weighted by molar-refractivity contribution is 7.18. The topological polar surface area (TPSA) is 75.6 Å². The van der Waals surface area contributed by atoms with Gasteiger partial charge in [-0.05, 0) is 42.0 Å². The summed E-state index contributed by atoms with van der Waals surface area (Å²) in [6.45, 7) is 0.263. The maximum absolute atomic E-state index is 12.4. The maximum Gasteiger partial charge on any atom is 0.277 e. The van der Waals surface area contributed by atoms with Gasteiger partial charge in [-0.1, -0.05) is 36.4 Å². The van der Waals surface area contributed by atoms with Crippen LogP contribution >= 0.6 is 11.3 Å². The standard InChI is InChI=1S/C23H19N3O3S/c27-23(26(28)14-15-29-19-6-2-1-3-7-19)18-11-9-17(10-12-18)21-16-25-22(30-21)20-8-4-5-13-24-20/h1-13,16,28H,14-15H2. The Kier molecular flexibility index (Phi) is 6.12. The van der Waals surface area contributed by atoms with Crippen molar-refractivity contribution in [3.05, 3.63) is 90.8 Å². The van der Waals surface area contributed by atoms with Crippen LogP contribution in [0.3, 0.4) is 0 Å². The molecule has 6 nitrogen and oxygen atoms in total. The Morgan fingerprint density at radius 2 is 1.73 bits per heavy atom. The van der Waals surface area contributed by atoms with Crippen LogP contribution < -0.4 is 4.74 Å². The Morgan fingerprint density at radius 1 is 0.967 bits per heavy atom. The molecule has 0 saturated carbocycles. The molecular formula is C23H19N3O3S. The Hall–Kier alpha value is -3.55. The number of pyridine rings is 1. The van der Waals surface area contributed by atoms with Crippen LogP contribution in [-0.2, 0) is 0 Å². The molecule has 0 radical (unpaired) electrons. The molecule has 0 fully saturated rings. The number of hydroxylamine groups is 2. The Morgan fingerprint density at radius 3 is 2.47 bits per heavy atom. The van der Waals surface area contributed by atoms with Crippen molar-refractivity contribution in [2.24, 2.45) is 0 Å². The van der Waals surface area contributed by atoms with Crippen molar-refractivity contribution in [2.45, 2.75) is 0 Å². The highest BCUT2D eigenvalue weighted by Gasteiger charge is 2.14. The van der Waals surface area contributed by atoms with Gasteiger partial charge in [-0.15, -0.1) is 11.3 Å². The molecule has 2 aromatic heterocycles. The van der Waals surface area contributed by atoms with E-state index in [1.807, 2.05) is 60.7 Å². The summed E-state index contributed by atoms with van der Waals surface area (Å²) in [6, 6.07) is 22.0. The number of amides is 1. The van der Waals surface area contributed by atoms with E-state index >= 15 is 0 Å². The summed E-state index contributed by atoms with van der Waals surface area (Å²) in [6.07, 6.45) is 3.53. The fourth-order valence-corrected chi connectivity index (χ4v) is 3.71. The highest BCUT2D eigenvalue weighted by atomic mass is 32.1. The first-order chi connectivity index (χ1) is 14.7. The number of ether oxygens (including phenoxy) is 1. The normalized spacial score (nSPS) is 10.6. The molecule has 0 aliphatic heterocycles. The van der Waals surface area contributed by atoms with Crippen molar-refractivity contribution in [3.63, 3.8) is 0 Å². The third-order valence-electron chi connectivity index (χ3n) is 4.36. The van der Waals surface area contributed by atoms with Gasteiger partial charge in [0.15, 0.2) is 0 Å². The van der Waals surface area contributed by atoms with Gasteiger partial charge in [0.25, 0.3) is 5.91 Å². The maximum atomic E-state index is 12.4. The van der Waals surface area contributed by atoms with Crippen molar-refractivity contribution >= 4 is 17.2 Å². The fourth-order valence-electron chi connectivity index (χ4n) is 2.81. The van der Waals surface area contributed by atoms with Crippen molar-refractivity contribution in [1.82, 2.24) is 15.0 Å². The second kappa shape index (κ2) is 9.30. The number of rotatable bonds is 7. The van der Waals surface area contributed by atoms with Crippen LogP contribution in [0.25, 0.3) is 21.1 Å². The molecule has 0 aliphatic rings. The van der Waals surface area contributed by atoms with Gasteiger partial charge in [-0.25, -0.2) is 10.0 Å². The van der Waals surface area contributed by atoms with E-state index in [1.54, 1.807) is 24.5 Å². The number of thiazole rings is 1. The minimum atomic E-state index is -0.475. The van der Waals surface area contributed by atoms with Gasteiger partial charge < -0.3 is 4.74 Å². The molecule has 30 heavy (non-hydrogen) atoms. The van der Waals surface area contributed by atoms with Gasteiger partial charge in [0.05, 0.1) is 17.1 Å². The molecule has 0 bridgehead atoms. The van der Waals surface area contributed by atoms with E-state index < -0.39 is 5.91 Å². The summed E-state index contributed by atoms with van der Waals surface area (Å²) in [4.78, 5) is 22.2. The summed E-state index contributed by atoms with van der Waals surface area (Å²) in [5.41, 5.74) is 2.17. The Bertz CT molecular complexity index is 1100. The van der Waals surface area contributed by atoms with Crippen LogP contribution in [0, 0.1) is 0 Å². The smallest absolute Gasteiger partial charge is 0.277 e. The van der Waals surface area contributed by atoms with Crippen molar-refractivity contribution < 1.29 is 14.7 Å². The fraction of sp³-hybridized carbons (Fsp3) is 0.0870. The molecule has 1 amide bonds. The Labute approximate surface area is 178 Å². The molecule has 0 spiro atoms. The molecule has 4 aromatic rings. The zero-order valence-electron chi connectivity index (χ0n) is 16.0. The van der Waals surface area contributed by atoms with Gasteiger partial charge in [-0.2, -0.15) is 0 Å². The number of hydrogen-bond donors (Lipinski definition) is 1. The van der Waals surface area contributed by atoms with Gasteiger partial charge in [0, 0.05) is 18.0 Å². The predicted octanol–water partition coefficient (Wildman–Crippen LogP) is 4.78. The van der Waals surface area contributed by atoms with Crippen LogP contribution in [0.1, 0.15) is 10.4 Å². The number of benzene rings is 2. The first kappa shape index (κ1) is 19.8. The number of nitrogens with zero attached hydrogens (tertiary/aromatic N) is 3. The quantitative estimate of drug-likeness (QED) is 0.346. The average molecular weight is 417 g/mol. The van der Waals surface area contributed by atoms with E-state index in [9.17, 15) is 10.0 Å². The number of aromatic nitrogens is 2.